The third kappa shape index (κ3) is 3.89. The average molecular weight is 398 g/mol. The number of halogens is 4. The predicted molar refractivity (Wildman–Crippen MR) is 99.3 cm³/mol. The number of hydrogen-bond donors (Lipinski definition) is 1. The summed E-state index contributed by atoms with van der Waals surface area (Å²) in [5, 5.41) is 7.69. The molecule has 1 aliphatic heterocycles. The lowest BCUT2D eigenvalue weighted by molar-refractivity contribution is 0.213. The summed E-state index contributed by atoms with van der Waals surface area (Å²) in [6, 6.07) is 7.48. The fourth-order valence-corrected chi connectivity index (χ4v) is 3.29. The van der Waals surface area contributed by atoms with Gasteiger partial charge in [-0.05, 0) is 43.7 Å². The molecule has 8 heteroatoms. The van der Waals surface area contributed by atoms with Crippen LogP contribution < -0.4 is 10.1 Å². The molecule has 1 fully saturated rings. The third-order valence-corrected chi connectivity index (χ3v) is 4.62. The summed E-state index contributed by atoms with van der Waals surface area (Å²) >= 11 is 0. The van der Waals surface area contributed by atoms with Crippen LogP contribution in [0.3, 0.4) is 0 Å². The monoisotopic (exact) mass is 397 g/mol. The molecule has 0 aliphatic carbocycles. The Bertz CT molecular complexity index is 941. The van der Waals surface area contributed by atoms with Gasteiger partial charge in [-0.1, -0.05) is 6.07 Å². The fraction of sp³-hybridized carbons (Fsp3) is 0.316. The molecule has 27 heavy (non-hydrogen) atoms. The first-order valence-corrected chi connectivity index (χ1v) is 8.59. The van der Waals surface area contributed by atoms with Crippen LogP contribution in [-0.2, 0) is 0 Å². The molecule has 1 N–H and O–H groups in total. The lowest BCUT2D eigenvalue weighted by Crippen LogP contribution is -2.33. The van der Waals surface area contributed by atoms with Gasteiger partial charge in [0.05, 0.1) is 17.5 Å². The first kappa shape index (κ1) is 19.5. The SMILES string of the molecule is Cl.Fc1ccc(F)c(-n2nc(OCC3CCCNC3)c3c(F)cccc32)c1. The molecule has 0 saturated carbocycles. The molecule has 4 rings (SSSR count). The molecule has 0 amide bonds. The highest BCUT2D eigenvalue weighted by atomic mass is 35.5. The highest BCUT2D eigenvalue weighted by Gasteiger charge is 2.21. The van der Waals surface area contributed by atoms with Gasteiger partial charge in [0.2, 0.25) is 5.88 Å². The van der Waals surface area contributed by atoms with E-state index in [1.807, 2.05) is 0 Å². The number of hydrogen-bond acceptors (Lipinski definition) is 3. The molecule has 0 spiro atoms. The van der Waals surface area contributed by atoms with E-state index in [1.54, 1.807) is 6.07 Å². The van der Waals surface area contributed by atoms with Crippen LogP contribution in [0.2, 0.25) is 0 Å². The topological polar surface area (TPSA) is 39.1 Å². The minimum absolute atomic E-state index is 0. The molecule has 2 heterocycles. The van der Waals surface area contributed by atoms with E-state index >= 15 is 0 Å². The Morgan fingerprint density at radius 3 is 2.78 bits per heavy atom. The molecule has 1 unspecified atom stereocenters. The smallest absolute Gasteiger partial charge is 0.244 e. The van der Waals surface area contributed by atoms with E-state index in [-0.39, 0.29) is 29.4 Å². The Hall–Kier alpha value is -2.25. The largest absolute Gasteiger partial charge is 0.476 e. The fourth-order valence-electron chi connectivity index (χ4n) is 3.29. The van der Waals surface area contributed by atoms with Gasteiger partial charge in [0.15, 0.2) is 0 Å². The second kappa shape index (κ2) is 8.19. The van der Waals surface area contributed by atoms with E-state index in [1.165, 1.54) is 16.8 Å². The van der Waals surface area contributed by atoms with Crippen LogP contribution in [0.4, 0.5) is 13.2 Å². The lowest BCUT2D eigenvalue weighted by atomic mass is 10.0. The highest BCUT2D eigenvalue weighted by Crippen LogP contribution is 2.31. The van der Waals surface area contributed by atoms with Crippen molar-refractivity contribution in [2.45, 2.75) is 12.8 Å². The van der Waals surface area contributed by atoms with Crippen LogP contribution in [0.1, 0.15) is 12.8 Å². The maximum atomic E-state index is 14.4. The van der Waals surface area contributed by atoms with Crippen molar-refractivity contribution in [2.24, 2.45) is 5.92 Å². The zero-order valence-electron chi connectivity index (χ0n) is 14.4. The minimum atomic E-state index is -0.650. The second-order valence-corrected chi connectivity index (χ2v) is 6.47. The van der Waals surface area contributed by atoms with E-state index in [4.69, 9.17) is 4.74 Å². The first-order valence-electron chi connectivity index (χ1n) is 8.59. The molecular weight excluding hydrogens is 379 g/mol. The number of benzene rings is 2. The Morgan fingerprint density at radius 1 is 1.15 bits per heavy atom. The van der Waals surface area contributed by atoms with Crippen LogP contribution in [0.5, 0.6) is 5.88 Å². The van der Waals surface area contributed by atoms with Crippen LogP contribution in [0.25, 0.3) is 16.6 Å². The number of rotatable bonds is 4. The Balaban J connectivity index is 0.00000210. The highest BCUT2D eigenvalue weighted by molar-refractivity contribution is 5.86. The van der Waals surface area contributed by atoms with Crippen LogP contribution in [-0.4, -0.2) is 29.5 Å². The lowest BCUT2D eigenvalue weighted by Gasteiger charge is -2.22. The van der Waals surface area contributed by atoms with Gasteiger partial charge in [0.1, 0.15) is 23.1 Å². The molecule has 1 saturated heterocycles. The number of nitrogens with zero attached hydrogens (tertiary/aromatic N) is 2. The van der Waals surface area contributed by atoms with Crippen molar-refractivity contribution >= 4 is 23.3 Å². The average Bonchev–Trinajstić information content (AvgIpc) is 3.03. The van der Waals surface area contributed by atoms with Crippen molar-refractivity contribution < 1.29 is 17.9 Å². The van der Waals surface area contributed by atoms with Crippen molar-refractivity contribution in [3.63, 3.8) is 0 Å². The summed E-state index contributed by atoms with van der Waals surface area (Å²) < 4.78 is 49.2. The molecule has 2 aromatic carbocycles. The summed E-state index contributed by atoms with van der Waals surface area (Å²) in [7, 11) is 0. The summed E-state index contributed by atoms with van der Waals surface area (Å²) in [5.41, 5.74) is 0.237. The van der Waals surface area contributed by atoms with E-state index < -0.39 is 17.5 Å². The number of ether oxygens (including phenoxy) is 1. The molecule has 144 valence electrons. The van der Waals surface area contributed by atoms with E-state index in [0.29, 0.717) is 18.0 Å². The van der Waals surface area contributed by atoms with E-state index in [0.717, 1.165) is 44.1 Å². The first-order chi connectivity index (χ1) is 12.6. The van der Waals surface area contributed by atoms with Gasteiger partial charge in [-0.25, -0.2) is 17.9 Å². The Morgan fingerprint density at radius 2 is 2.00 bits per heavy atom. The molecule has 1 aromatic heterocycles. The van der Waals surface area contributed by atoms with Gasteiger partial charge in [0.25, 0.3) is 0 Å². The van der Waals surface area contributed by atoms with E-state index in [2.05, 4.69) is 10.4 Å². The summed E-state index contributed by atoms with van der Waals surface area (Å²) in [6.45, 7) is 2.21. The standard InChI is InChI=1S/C19H18F3N3O.ClH/c20-13-6-7-14(21)17(9-13)25-16-5-1-4-15(22)18(16)19(24-25)26-11-12-3-2-8-23-10-12;/h1,4-7,9,12,23H,2-3,8,10-11H2;1H. The Labute approximate surface area is 160 Å². The van der Waals surface area contributed by atoms with Crippen molar-refractivity contribution in [1.29, 1.82) is 0 Å². The molecular formula is C19H19ClF3N3O. The van der Waals surface area contributed by atoms with Crippen LogP contribution in [0, 0.1) is 23.4 Å². The molecule has 4 nitrogen and oxygen atoms in total. The number of piperidine rings is 1. The zero-order valence-corrected chi connectivity index (χ0v) is 15.2. The van der Waals surface area contributed by atoms with E-state index in [9.17, 15) is 13.2 Å². The molecule has 1 aliphatic rings. The molecule has 0 bridgehead atoms. The summed E-state index contributed by atoms with van der Waals surface area (Å²) in [6.07, 6.45) is 2.08. The Kier molecular flexibility index (Phi) is 5.92. The van der Waals surface area contributed by atoms with Crippen molar-refractivity contribution in [1.82, 2.24) is 15.1 Å². The maximum absolute atomic E-state index is 14.4. The van der Waals surface area contributed by atoms with Gasteiger partial charge in [-0.15, -0.1) is 17.5 Å². The quantitative estimate of drug-likeness (QED) is 0.715. The predicted octanol–water partition coefficient (Wildman–Crippen LogP) is 4.24. The van der Waals surface area contributed by atoms with Gasteiger partial charge in [-0.3, -0.25) is 0 Å². The van der Waals surface area contributed by atoms with Crippen LogP contribution in [0.15, 0.2) is 36.4 Å². The minimum Gasteiger partial charge on any atom is -0.476 e. The van der Waals surface area contributed by atoms with Gasteiger partial charge in [-0.2, -0.15) is 0 Å². The molecule has 1 atom stereocenters. The van der Waals surface area contributed by atoms with Gasteiger partial charge >= 0.3 is 0 Å². The maximum Gasteiger partial charge on any atom is 0.244 e. The number of fused-ring (bicyclic) bond motifs is 1. The van der Waals surface area contributed by atoms with Crippen LogP contribution >= 0.6 is 12.4 Å². The number of aromatic nitrogens is 2. The van der Waals surface area contributed by atoms with Crippen molar-refractivity contribution in [3.05, 3.63) is 53.8 Å². The normalized spacial score (nSPS) is 16.9. The molecule has 3 aromatic rings. The zero-order chi connectivity index (χ0) is 18.1. The molecule has 0 radical (unpaired) electrons. The van der Waals surface area contributed by atoms with Crippen molar-refractivity contribution in [2.75, 3.05) is 19.7 Å². The van der Waals surface area contributed by atoms with Crippen molar-refractivity contribution in [3.8, 4) is 11.6 Å². The number of nitrogens with one attached hydrogen (secondary N) is 1. The van der Waals surface area contributed by atoms with Gasteiger partial charge in [0, 0.05) is 18.5 Å². The third-order valence-electron chi connectivity index (χ3n) is 4.62. The van der Waals surface area contributed by atoms with Gasteiger partial charge < -0.3 is 10.1 Å². The second-order valence-electron chi connectivity index (χ2n) is 6.47. The summed E-state index contributed by atoms with van der Waals surface area (Å²) in [4.78, 5) is 0. The summed E-state index contributed by atoms with van der Waals surface area (Å²) in [5.74, 6) is -1.36.